The lowest BCUT2D eigenvalue weighted by Crippen LogP contribution is -2.45. The number of rotatable bonds is 7. The average Bonchev–Trinajstić information content (AvgIpc) is 3.13. The van der Waals surface area contributed by atoms with Gasteiger partial charge in [0.1, 0.15) is 6.54 Å². The first-order valence-electron chi connectivity index (χ1n) is 11.3. The van der Waals surface area contributed by atoms with Gasteiger partial charge < -0.3 is 14.8 Å². The van der Waals surface area contributed by atoms with Gasteiger partial charge in [0.05, 0.1) is 0 Å². The Labute approximate surface area is 184 Å². The monoisotopic (exact) mass is 417 g/mol. The van der Waals surface area contributed by atoms with Crippen LogP contribution >= 0.6 is 0 Å². The van der Waals surface area contributed by atoms with Crippen LogP contribution in [0.5, 0.6) is 0 Å². The third kappa shape index (κ3) is 4.82. The molecule has 4 rings (SSSR count). The van der Waals surface area contributed by atoms with Crippen LogP contribution in [-0.4, -0.2) is 35.4 Å². The minimum Gasteiger partial charge on any atom is -0.371 e. The number of Topliss-reactive ketones (excluding diaryl/α,β-unsaturated/α-hetero) is 1. The molecule has 1 fully saturated rings. The maximum Gasteiger partial charge on any atom is 0.240 e. The van der Waals surface area contributed by atoms with Gasteiger partial charge in [-0.15, -0.1) is 0 Å². The van der Waals surface area contributed by atoms with Crippen molar-refractivity contribution in [1.29, 1.82) is 0 Å². The summed E-state index contributed by atoms with van der Waals surface area (Å²) in [5.74, 6) is 0.144. The van der Waals surface area contributed by atoms with Crippen LogP contribution in [0.2, 0.25) is 0 Å². The molecule has 0 atom stereocenters. The number of anilines is 1. The van der Waals surface area contributed by atoms with E-state index in [0.717, 1.165) is 48.8 Å². The first-order chi connectivity index (χ1) is 15.0. The minimum atomic E-state index is 0.00393. The predicted octanol–water partition coefficient (Wildman–Crippen LogP) is 4.72. The molecular weight excluding hydrogens is 386 g/mol. The van der Waals surface area contributed by atoms with E-state index >= 15 is 0 Å². The highest BCUT2D eigenvalue weighted by atomic mass is 16.2. The fraction of sp³-hybridized carbons (Fsp3) is 0.385. The summed E-state index contributed by atoms with van der Waals surface area (Å²) in [4.78, 5) is 27.7. The van der Waals surface area contributed by atoms with E-state index in [4.69, 9.17) is 0 Å². The van der Waals surface area contributed by atoms with Crippen molar-refractivity contribution in [2.24, 2.45) is 0 Å². The third-order valence-electron chi connectivity index (χ3n) is 6.11. The molecule has 1 amide bonds. The molecule has 3 aromatic rings. The highest BCUT2D eigenvalue weighted by Crippen LogP contribution is 2.24. The van der Waals surface area contributed by atoms with E-state index in [9.17, 15) is 9.59 Å². The summed E-state index contributed by atoms with van der Waals surface area (Å²) < 4.78 is 1.91. The second-order valence-electron chi connectivity index (χ2n) is 8.53. The number of para-hydroxylation sites is 1. The van der Waals surface area contributed by atoms with Gasteiger partial charge in [-0.1, -0.05) is 37.3 Å². The first-order valence-corrected chi connectivity index (χ1v) is 11.3. The van der Waals surface area contributed by atoms with Gasteiger partial charge in [0.15, 0.2) is 5.78 Å². The lowest BCUT2D eigenvalue weighted by Gasteiger charge is -2.34. The third-order valence-corrected chi connectivity index (χ3v) is 6.11. The summed E-state index contributed by atoms with van der Waals surface area (Å²) >= 11 is 0. The molecule has 1 aliphatic rings. The highest BCUT2D eigenvalue weighted by molar-refractivity contribution is 6.08. The van der Waals surface area contributed by atoms with Crippen LogP contribution in [0.1, 0.15) is 48.5 Å². The lowest BCUT2D eigenvalue weighted by atomic mass is 10.0. The highest BCUT2D eigenvalue weighted by Gasteiger charge is 2.22. The molecule has 31 heavy (non-hydrogen) atoms. The van der Waals surface area contributed by atoms with Crippen LogP contribution in [0.4, 0.5) is 5.69 Å². The standard InChI is InChI=1S/C26H31N3O2/c1-3-7-25(30)23-17-29(24-11-5-4-10-22(23)24)18-26(31)27-20-12-14-28(15-13-20)21-9-6-8-19(2)16-21/h4-6,8-11,16-17,20H,3,7,12-15,18H2,1-2H3,(H,27,31). The van der Waals surface area contributed by atoms with Crippen molar-refractivity contribution in [3.63, 3.8) is 0 Å². The number of carbonyl (C=O) groups excluding carboxylic acids is 2. The van der Waals surface area contributed by atoms with Crippen molar-refractivity contribution in [2.75, 3.05) is 18.0 Å². The second kappa shape index (κ2) is 9.38. The number of amides is 1. The Bertz CT molecular complexity index is 1080. The van der Waals surface area contributed by atoms with Gasteiger partial charge in [0.25, 0.3) is 0 Å². The van der Waals surface area contributed by atoms with E-state index in [1.165, 1.54) is 11.3 Å². The van der Waals surface area contributed by atoms with Gasteiger partial charge in [0, 0.05) is 53.9 Å². The van der Waals surface area contributed by atoms with E-state index in [0.29, 0.717) is 6.42 Å². The number of carbonyl (C=O) groups is 2. The Morgan fingerprint density at radius 3 is 2.58 bits per heavy atom. The molecule has 0 aliphatic carbocycles. The maximum absolute atomic E-state index is 12.8. The fourth-order valence-corrected chi connectivity index (χ4v) is 4.50. The predicted molar refractivity (Wildman–Crippen MR) is 126 cm³/mol. The molecule has 162 valence electrons. The van der Waals surface area contributed by atoms with Gasteiger partial charge in [-0.05, 0) is 49.9 Å². The van der Waals surface area contributed by atoms with Crippen LogP contribution in [0.3, 0.4) is 0 Å². The number of ketones is 1. The number of fused-ring (bicyclic) bond motifs is 1. The summed E-state index contributed by atoms with van der Waals surface area (Å²) in [6.07, 6.45) is 5.07. The van der Waals surface area contributed by atoms with Gasteiger partial charge in [0.2, 0.25) is 5.91 Å². The number of nitrogens with one attached hydrogen (secondary N) is 1. The molecule has 1 saturated heterocycles. The summed E-state index contributed by atoms with van der Waals surface area (Å²) in [6, 6.07) is 16.6. The van der Waals surface area contributed by atoms with Gasteiger partial charge >= 0.3 is 0 Å². The summed E-state index contributed by atoms with van der Waals surface area (Å²) in [7, 11) is 0. The summed E-state index contributed by atoms with van der Waals surface area (Å²) in [6.45, 7) is 6.24. The van der Waals surface area contributed by atoms with Gasteiger partial charge in [-0.25, -0.2) is 0 Å². The normalized spacial score (nSPS) is 14.7. The molecule has 1 N–H and O–H groups in total. The lowest BCUT2D eigenvalue weighted by molar-refractivity contribution is -0.122. The zero-order chi connectivity index (χ0) is 21.8. The summed E-state index contributed by atoms with van der Waals surface area (Å²) in [5, 5.41) is 4.14. The number of hydrogen-bond acceptors (Lipinski definition) is 3. The van der Waals surface area contributed by atoms with Crippen LogP contribution in [0, 0.1) is 6.92 Å². The molecule has 1 aromatic heterocycles. The molecule has 0 radical (unpaired) electrons. The fourth-order valence-electron chi connectivity index (χ4n) is 4.50. The van der Waals surface area contributed by atoms with Crippen LogP contribution in [0.25, 0.3) is 10.9 Å². The Kier molecular flexibility index (Phi) is 6.40. The number of benzene rings is 2. The molecule has 0 unspecified atom stereocenters. The van der Waals surface area contributed by atoms with Crippen molar-refractivity contribution in [1.82, 2.24) is 9.88 Å². The number of hydrogen-bond donors (Lipinski definition) is 1. The number of piperidine rings is 1. The molecule has 2 heterocycles. The van der Waals surface area contributed by atoms with E-state index in [-0.39, 0.29) is 24.3 Å². The Morgan fingerprint density at radius 2 is 1.84 bits per heavy atom. The largest absolute Gasteiger partial charge is 0.371 e. The zero-order valence-electron chi connectivity index (χ0n) is 18.4. The van der Waals surface area contributed by atoms with E-state index in [1.807, 2.05) is 42.0 Å². The first kappa shape index (κ1) is 21.2. The molecular formula is C26H31N3O2. The molecule has 0 bridgehead atoms. The summed E-state index contributed by atoms with van der Waals surface area (Å²) in [5.41, 5.74) is 4.18. The molecule has 2 aromatic carbocycles. The number of aryl methyl sites for hydroxylation is 1. The Morgan fingerprint density at radius 1 is 1.06 bits per heavy atom. The average molecular weight is 418 g/mol. The Hall–Kier alpha value is -3.08. The van der Waals surface area contributed by atoms with Crippen molar-refractivity contribution in [2.45, 2.75) is 52.1 Å². The van der Waals surface area contributed by atoms with E-state index in [1.54, 1.807) is 0 Å². The molecule has 0 spiro atoms. The zero-order valence-corrected chi connectivity index (χ0v) is 18.4. The Balaban J connectivity index is 1.38. The SMILES string of the molecule is CCCC(=O)c1cn(CC(=O)NC2CCN(c3cccc(C)c3)CC2)c2ccccc12. The molecule has 0 saturated carbocycles. The van der Waals surface area contributed by atoms with Crippen molar-refractivity contribution in [3.05, 3.63) is 65.9 Å². The molecule has 1 aliphatic heterocycles. The van der Waals surface area contributed by atoms with Gasteiger partial charge in [-0.2, -0.15) is 0 Å². The van der Waals surface area contributed by atoms with Crippen LogP contribution in [-0.2, 0) is 11.3 Å². The quantitative estimate of drug-likeness (QED) is 0.566. The molecule has 5 heteroatoms. The van der Waals surface area contributed by atoms with Crippen molar-refractivity contribution < 1.29 is 9.59 Å². The van der Waals surface area contributed by atoms with Gasteiger partial charge in [-0.3, -0.25) is 9.59 Å². The number of nitrogens with zero attached hydrogens (tertiary/aromatic N) is 2. The topological polar surface area (TPSA) is 54.3 Å². The minimum absolute atomic E-state index is 0.00393. The van der Waals surface area contributed by atoms with Crippen molar-refractivity contribution >= 4 is 28.3 Å². The molecule has 5 nitrogen and oxygen atoms in total. The van der Waals surface area contributed by atoms with E-state index < -0.39 is 0 Å². The van der Waals surface area contributed by atoms with Crippen molar-refractivity contribution in [3.8, 4) is 0 Å². The number of aromatic nitrogens is 1. The van der Waals surface area contributed by atoms with Crippen LogP contribution < -0.4 is 10.2 Å². The van der Waals surface area contributed by atoms with E-state index in [2.05, 4.69) is 41.4 Å². The van der Waals surface area contributed by atoms with Crippen LogP contribution in [0.15, 0.2) is 54.7 Å². The second-order valence-corrected chi connectivity index (χ2v) is 8.53. The maximum atomic E-state index is 12.8. The smallest absolute Gasteiger partial charge is 0.240 e.